The predicted octanol–water partition coefficient (Wildman–Crippen LogP) is 2.04. The second-order valence-electron chi connectivity index (χ2n) is 6.80. The summed E-state index contributed by atoms with van der Waals surface area (Å²) in [6.45, 7) is 13.6. The highest BCUT2D eigenvalue weighted by Crippen LogP contribution is 2.16. The van der Waals surface area contributed by atoms with Crippen LogP contribution < -0.4 is 5.32 Å². The maximum atomic E-state index is 11.9. The summed E-state index contributed by atoms with van der Waals surface area (Å²) in [7, 11) is 0. The Morgan fingerprint density at radius 2 is 1.89 bits per heavy atom. The summed E-state index contributed by atoms with van der Waals surface area (Å²) in [6, 6.07) is 0.377. The van der Waals surface area contributed by atoms with Crippen molar-refractivity contribution in [2.24, 2.45) is 5.92 Å². The number of hydrogen-bond donors (Lipinski definition) is 1. The standard InChI is InChI=1S/C15H30N2O2/c1-12(2)17(10-13-6-8-16-9-7-13)11-14(18)19-15(3,4)5/h12-13,16H,6-11H2,1-5H3. The van der Waals surface area contributed by atoms with Gasteiger partial charge in [0.1, 0.15) is 5.60 Å². The van der Waals surface area contributed by atoms with E-state index >= 15 is 0 Å². The minimum atomic E-state index is -0.394. The Labute approximate surface area is 117 Å². The van der Waals surface area contributed by atoms with E-state index in [0.717, 1.165) is 19.6 Å². The van der Waals surface area contributed by atoms with Crippen LogP contribution in [0.3, 0.4) is 0 Å². The van der Waals surface area contributed by atoms with Crippen molar-refractivity contribution < 1.29 is 9.53 Å². The SMILES string of the molecule is CC(C)N(CC(=O)OC(C)(C)C)CC1CCNCC1. The molecule has 1 fully saturated rings. The topological polar surface area (TPSA) is 41.6 Å². The molecule has 1 rings (SSSR count). The first kappa shape index (κ1) is 16.4. The van der Waals surface area contributed by atoms with Gasteiger partial charge in [0.05, 0.1) is 6.54 Å². The quantitative estimate of drug-likeness (QED) is 0.776. The van der Waals surface area contributed by atoms with Crippen LogP contribution in [-0.2, 0) is 9.53 Å². The molecule has 1 heterocycles. The summed E-state index contributed by atoms with van der Waals surface area (Å²) in [4.78, 5) is 14.2. The van der Waals surface area contributed by atoms with Crippen LogP contribution >= 0.6 is 0 Å². The number of rotatable bonds is 5. The summed E-state index contributed by atoms with van der Waals surface area (Å²) in [5, 5.41) is 3.38. The molecule has 112 valence electrons. The monoisotopic (exact) mass is 270 g/mol. The van der Waals surface area contributed by atoms with Crippen molar-refractivity contribution in [2.75, 3.05) is 26.2 Å². The van der Waals surface area contributed by atoms with Gasteiger partial charge in [0, 0.05) is 12.6 Å². The second kappa shape index (κ2) is 7.25. The molecule has 0 atom stereocenters. The van der Waals surface area contributed by atoms with Crippen LogP contribution in [0.4, 0.5) is 0 Å². The van der Waals surface area contributed by atoms with Crippen LogP contribution in [-0.4, -0.2) is 48.7 Å². The zero-order valence-corrected chi connectivity index (χ0v) is 13.2. The summed E-state index contributed by atoms with van der Waals surface area (Å²) in [5.74, 6) is 0.584. The normalized spacial score (nSPS) is 18.1. The Kier molecular flexibility index (Phi) is 6.27. The third-order valence-corrected chi connectivity index (χ3v) is 3.43. The number of carbonyl (C=O) groups is 1. The van der Waals surface area contributed by atoms with E-state index in [1.807, 2.05) is 20.8 Å². The van der Waals surface area contributed by atoms with E-state index in [-0.39, 0.29) is 5.97 Å². The fraction of sp³-hybridized carbons (Fsp3) is 0.933. The lowest BCUT2D eigenvalue weighted by atomic mass is 9.97. The number of ether oxygens (including phenoxy) is 1. The highest BCUT2D eigenvalue weighted by Gasteiger charge is 2.23. The van der Waals surface area contributed by atoms with E-state index < -0.39 is 5.60 Å². The van der Waals surface area contributed by atoms with Gasteiger partial charge < -0.3 is 10.1 Å². The van der Waals surface area contributed by atoms with Crippen molar-refractivity contribution in [3.63, 3.8) is 0 Å². The zero-order valence-electron chi connectivity index (χ0n) is 13.2. The third-order valence-electron chi connectivity index (χ3n) is 3.43. The molecule has 4 nitrogen and oxygen atoms in total. The fourth-order valence-electron chi connectivity index (χ4n) is 2.39. The van der Waals surface area contributed by atoms with Crippen LogP contribution in [0.5, 0.6) is 0 Å². The molecule has 1 saturated heterocycles. The number of piperidine rings is 1. The molecule has 0 radical (unpaired) electrons. The number of esters is 1. The Morgan fingerprint density at radius 3 is 2.37 bits per heavy atom. The lowest BCUT2D eigenvalue weighted by Gasteiger charge is -2.32. The van der Waals surface area contributed by atoms with E-state index in [9.17, 15) is 4.79 Å². The number of carbonyl (C=O) groups excluding carboxylic acids is 1. The molecule has 0 saturated carbocycles. The lowest BCUT2D eigenvalue weighted by molar-refractivity contribution is -0.156. The average Bonchev–Trinajstić information content (AvgIpc) is 2.26. The van der Waals surface area contributed by atoms with E-state index in [1.54, 1.807) is 0 Å². The Hall–Kier alpha value is -0.610. The van der Waals surface area contributed by atoms with Crippen LogP contribution in [0.15, 0.2) is 0 Å². The minimum absolute atomic E-state index is 0.116. The third kappa shape index (κ3) is 6.92. The van der Waals surface area contributed by atoms with Gasteiger partial charge in [0.15, 0.2) is 0 Å². The largest absolute Gasteiger partial charge is 0.459 e. The van der Waals surface area contributed by atoms with Crippen LogP contribution in [0.1, 0.15) is 47.5 Å². The van der Waals surface area contributed by atoms with E-state index in [4.69, 9.17) is 4.74 Å². The first-order chi connectivity index (χ1) is 8.78. The minimum Gasteiger partial charge on any atom is -0.459 e. The highest BCUT2D eigenvalue weighted by atomic mass is 16.6. The fourth-order valence-corrected chi connectivity index (χ4v) is 2.39. The molecular weight excluding hydrogens is 240 g/mol. The van der Waals surface area contributed by atoms with Crippen molar-refractivity contribution in [3.05, 3.63) is 0 Å². The predicted molar refractivity (Wildman–Crippen MR) is 78.1 cm³/mol. The maximum absolute atomic E-state index is 11.9. The first-order valence-corrected chi connectivity index (χ1v) is 7.44. The van der Waals surface area contributed by atoms with Crippen LogP contribution in [0.2, 0.25) is 0 Å². The lowest BCUT2D eigenvalue weighted by Crippen LogP contribution is -2.43. The molecule has 0 aromatic carbocycles. The molecule has 0 unspecified atom stereocenters. The van der Waals surface area contributed by atoms with Crippen molar-refractivity contribution in [3.8, 4) is 0 Å². The Bertz CT molecular complexity index is 278. The molecule has 0 bridgehead atoms. The molecule has 0 spiro atoms. The van der Waals surface area contributed by atoms with Crippen molar-refractivity contribution in [1.82, 2.24) is 10.2 Å². The molecule has 4 heteroatoms. The molecule has 19 heavy (non-hydrogen) atoms. The summed E-state index contributed by atoms with van der Waals surface area (Å²) in [6.07, 6.45) is 2.41. The number of hydrogen-bond acceptors (Lipinski definition) is 4. The average molecular weight is 270 g/mol. The molecular formula is C15H30N2O2. The molecule has 1 aliphatic heterocycles. The van der Waals surface area contributed by atoms with Gasteiger partial charge >= 0.3 is 5.97 Å². The Balaban J connectivity index is 2.45. The first-order valence-electron chi connectivity index (χ1n) is 7.44. The smallest absolute Gasteiger partial charge is 0.320 e. The Morgan fingerprint density at radius 1 is 1.32 bits per heavy atom. The van der Waals surface area contributed by atoms with Crippen molar-refractivity contribution >= 4 is 5.97 Å². The highest BCUT2D eigenvalue weighted by molar-refractivity contribution is 5.72. The summed E-state index contributed by atoms with van der Waals surface area (Å²) < 4.78 is 5.41. The molecule has 0 aromatic heterocycles. The van der Waals surface area contributed by atoms with Gasteiger partial charge in [-0.2, -0.15) is 0 Å². The van der Waals surface area contributed by atoms with Gasteiger partial charge in [0.25, 0.3) is 0 Å². The molecule has 0 amide bonds. The van der Waals surface area contributed by atoms with Gasteiger partial charge in [-0.3, -0.25) is 9.69 Å². The summed E-state index contributed by atoms with van der Waals surface area (Å²) >= 11 is 0. The maximum Gasteiger partial charge on any atom is 0.320 e. The van der Waals surface area contributed by atoms with Gasteiger partial charge in [-0.15, -0.1) is 0 Å². The molecule has 1 N–H and O–H groups in total. The second-order valence-corrected chi connectivity index (χ2v) is 6.80. The van der Waals surface area contributed by atoms with Crippen molar-refractivity contribution in [1.29, 1.82) is 0 Å². The molecule has 0 aromatic rings. The number of nitrogens with zero attached hydrogens (tertiary/aromatic N) is 1. The van der Waals surface area contributed by atoms with Gasteiger partial charge in [0.2, 0.25) is 0 Å². The number of nitrogens with one attached hydrogen (secondary N) is 1. The molecule has 0 aliphatic carbocycles. The summed E-state index contributed by atoms with van der Waals surface area (Å²) in [5.41, 5.74) is -0.394. The van der Waals surface area contributed by atoms with Crippen molar-refractivity contribution in [2.45, 2.75) is 59.1 Å². The van der Waals surface area contributed by atoms with Crippen LogP contribution in [0.25, 0.3) is 0 Å². The van der Waals surface area contributed by atoms with Gasteiger partial charge in [-0.1, -0.05) is 0 Å². The van der Waals surface area contributed by atoms with Gasteiger partial charge in [-0.05, 0) is 66.5 Å². The van der Waals surface area contributed by atoms with E-state index in [2.05, 4.69) is 24.1 Å². The zero-order chi connectivity index (χ0) is 14.5. The van der Waals surface area contributed by atoms with E-state index in [1.165, 1.54) is 12.8 Å². The van der Waals surface area contributed by atoms with Crippen LogP contribution in [0, 0.1) is 5.92 Å². The molecule has 1 aliphatic rings. The van der Waals surface area contributed by atoms with Gasteiger partial charge in [-0.25, -0.2) is 0 Å². The van der Waals surface area contributed by atoms with E-state index in [0.29, 0.717) is 18.5 Å².